The van der Waals surface area contributed by atoms with Crippen LogP contribution in [-0.4, -0.2) is 77.3 Å². The lowest BCUT2D eigenvalue weighted by Crippen LogP contribution is -2.58. The van der Waals surface area contributed by atoms with Gasteiger partial charge in [0.05, 0.1) is 37.1 Å². The number of nitrogens with two attached hydrogens (primary N) is 4. The Hall–Kier alpha value is -0.360. The average Bonchev–Trinajstić information content (AvgIpc) is 2.47. The summed E-state index contributed by atoms with van der Waals surface area (Å²) in [6, 6.07) is -1.90. The third-order valence-corrected chi connectivity index (χ3v) is 3.98. The van der Waals surface area contributed by atoms with E-state index < -0.39 is 42.7 Å². The Morgan fingerprint density at radius 3 is 2.45 bits per heavy atom. The molecule has 0 amide bonds. The van der Waals surface area contributed by atoms with Crippen molar-refractivity contribution in [3.8, 4) is 0 Å². The minimum atomic E-state index is -0.914. The summed E-state index contributed by atoms with van der Waals surface area (Å²) in [5, 5.41) is 28.8. The largest absolute Gasteiger partial charge is 0.394 e. The summed E-state index contributed by atoms with van der Waals surface area (Å²) < 4.78 is 11.2. The number of aliphatic hydroxyl groups is 3. The lowest BCUT2D eigenvalue weighted by molar-refractivity contribution is -0.247. The molecule has 0 aliphatic carbocycles. The van der Waals surface area contributed by atoms with Gasteiger partial charge in [-0.2, -0.15) is 0 Å². The Labute approximate surface area is 130 Å². The monoisotopic (exact) mass is 322 g/mol. The second-order valence-electron chi connectivity index (χ2n) is 5.90. The summed E-state index contributed by atoms with van der Waals surface area (Å²) in [7, 11) is 0. The predicted molar refractivity (Wildman–Crippen MR) is 80.5 cm³/mol. The van der Waals surface area contributed by atoms with Gasteiger partial charge in [-0.05, 0) is 13.3 Å². The van der Waals surface area contributed by atoms with Crippen LogP contribution >= 0.6 is 0 Å². The lowest BCUT2D eigenvalue weighted by atomic mass is 9.99. The zero-order chi connectivity index (χ0) is 16.9. The van der Waals surface area contributed by atoms with Crippen LogP contribution in [0.4, 0.5) is 0 Å². The second-order valence-corrected chi connectivity index (χ2v) is 5.90. The molecule has 8 atom stereocenters. The SMILES string of the molecule is CC(O)[C@H](N)CC(N)[C@H](CO)O[C@H]1OC(CN)C[C@H](O)C1N. The molecule has 1 fully saturated rings. The predicted octanol–water partition coefficient (Wildman–Crippen LogP) is -3.45. The first-order valence-electron chi connectivity index (χ1n) is 7.54. The van der Waals surface area contributed by atoms with Gasteiger partial charge < -0.3 is 47.7 Å². The molecule has 0 radical (unpaired) electrons. The van der Waals surface area contributed by atoms with Crippen LogP contribution < -0.4 is 22.9 Å². The van der Waals surface area contributed by atoms with Gasteiger partial charge in [-0.15, -0.1) is 0 Å². The summed E-state index contributed by atoms with van der Waals surface area (Å²) in [5.74, 6) is 0. The van der Waals surface area contributed by atoms with Gasteiger partial charge in [-0.1, -0.05) is 0 Å². The van der Waals surface area contributed by atoms with E-state index in [9.17, 15) is 15.3 Å². The van der Waals surface area contributed by atoms with E-state index in [-0.39, 0.29) is 25.7 Å². The van der Waals surface area contributed by atoms with Crippen LogP contribution in [0.3, 0.4) is 0 Å². The molecule has 1 aliphatic rings. The Kier molecular flexibility index (Phi) is 8.11. The Morgan fingerprint density at radius 2 is 1.95 bits per heavy atom. The standard InChI is InChI=1S/C13H30N4O5/c1-6(19)8(15)3-9(16)11(5-18)22-13-12(17)10(20)2-7(4-14)21-13/h6-13,18-20H,2-5,14-17H2,1H3/t6?,7?,8-,9?,10+,11+,12?,13-/m1/s1. The third-order valence-electron chi connectivity index (χ3n) is 3.98. The van der Waals surface area contributed by atoms with Crippen LogP contribution in [0.5, 0.6) is 0 Å². The van der Waals surface area contributed by atoms with Crippen molar-refractivity contribution < 1.29 is 24.8 Å². The summed E-state index contributed by atoms with van der Waals surface area (Å²) in [6.07, 6.45) is -2.99. The molecular formula is C13H30N4O5. The van der Waals surface area contributed by atoms with Crippen molar-refractivity contribution >= 4 is 0 Å². The first kappa shape index (κ1) is 19.7. The molecule has 0 aromatic carbocycles. The second kappa shape index (κ2) is 9.06. The number of aliphatic hydroxyl groups excluding tert-OH is 3. The molecule has 1 saturated heterocycles. The first-order valence-corrected chi connectivity index (χ1v) is 7.54. The van der Waals surface area contributed by atoms with Crippen molar-refractivity contribution in [2.45, 2.75) is 68.6 Å². The highest BCUT2D eigenvalue weighted by molar-refractivity contribution is 4.87. The summed E-state index contributed by atoms with van der Waals surface area (Å²) in [4.78, 5) is 0. The van der Waals surface area contributed by atoms with Crippen molar-refractivity contribution in [2.75, 3.05) is 13.2 Å². The highest BCUT2D eigenvalue weighted by Gasteiger charge is 2.38. The summed E-state index contributed by atoms with van der Waals surface area (Å²) in [6.45, 7) is 1.44. The van der Waals surface area contributed by atoms with E-state index >= 15 is 0 Å². The van der Waals surface area contributed by atoms with Crippen molar-refractivity contribution in [1.29, 1.82) is 0 Å². The Bertz CT molecular complexity index is 323. The van der Waals surface area contributed by atoms with Crippen LogP contribution in [0.15, 0.2) is 0 Å². The normalized spacial score (nSPS) is 34.9. The molecule has 0 bridgehead atoms. The zero-order valence-electron chi connectivity index (χ0n) is 12.9. The fraction of sp³-hybridized carbons (Fsp3) is 1.00. The minimum absolute atomic E-state index is 0.229. The number of ether oxygens (including phenoxy) is 2. The van der Waals surface area contributed by atoms with E-state index in [2.05, 4.69) is 0 Å². The molecule has 22 heavy (non-hydrogen) atoms. The van der Waals surface area contributed by atoms with Gasteiger partial charge in [0.2, 0.25) is 0 Å². The quantitative estimate of drug-likeness (QED) is 0.239. The van der Waals surface area contributed by atoms with Gasteiger partial charge in [0.15, 0.2) is 6.29 Å². The molecule has 0 aromatic heterocycles. The number of rotatable bonds is 8. The van der Waals surface area contributed by atoms with Gasteiger partial charge in [0.25, 0.3) is 0 Å². The smallest absolute Gasteiger partial charge is 0.176 e. The van der Waals surface area contributed by atoms with Crippen LogP contribution in [-0.2, 0) is 9.47 Å². The van der Waals surface area contributed by atoms with Gasteiger partial charge >= 0.3 is 0 Å². The van der Waals surface area contributed by atoms with E-state index in [1.165, 1.54) is 0 Å². The van der Waals surface area contributed by atoms with Gasteiger partial charge in [-0.25, -0.2) is 0 Å². The van der Waals surface area contributed by atoms with Gasteiger partial charge in [0.1, 0.15) is 0 Å². The molecule has 9 nitrogen and oxygen atoms in total. The van der Waals surface area contributed by atoms with Crippen molar-refractivity contribution in [1.82, 2.24) is 0 Å². The Balaban J connectivity index is 2.63. The van der Waals surface area contributed by atoms with Crippen molar-refractivity contribution in [3.05, 3.63) is 0 Å². The molecule has 1 aliphatic heterocycles. The highest BCUT2D eigenvalue weighted by atomic mass is 16.7. The van der Waals surface area contributed by atoms with Crippen molar-refractivity contribution in [3.63, 3.8) is 0 Å². The van der Waals surface area contributed by atoms with Crippen LogP contribution in [0.1, 0.15) is 19.8 Å². The lowest BCUT2D eigenvalue weighted by Gasteiger charge is -2.39. The number of hydrogen-bond acceptors (Lipinski definition) is 9. The maximum atomic E-state index is 9.90. The molecule has 9 heteroatoms. The van der Waals surface area contributed by atoms with Crippen LogP contribution in [0, 0.1) is 0 Å². The molecule has 1 rings (SSSR count). The van der Waals surface area contributed by atoms with E-state index in [1.807, 2.05) is 0 Å². The fourth-order valence-electron chi connectivity index (χ4n) is 2.33. The third kappa shape index (κ3) is 5.37. The van der Waals surface area contributed by atoms with E-state index in [4.69, 9.17) is 32.4 Å². The molecule has 4 unspecified atom stereocenters. The first-order chi connectivity index (χ1) is 10.3. The molecular weight excluding hydrogens is 292 g/mol. The number of hydrogen-bond donors (Lipinski definition) is 7. The molecule has 1 heterocycles. The Morgan fingerprint density at radius 1 is 1.32 bits per heavy atom. The van der Waals surface area contributed by atoms with E-state index in [0.717, 1.165) is 0 Å². The summed E-state index contributed by atoms with van der Waals surface area (Å²) in [5.41, 5.74) is 23.1. The minimum Gasteiger partial charge on any atom is -0.394 e. The van der Waals surface area contributed by atoms with Crippen LogP contribution in [0.2, 0.25) is 0 Å². The van der Waals surface area contributed by atoms with E-state index in [1.54, 1.807) is 6.92 Å². The summed E-state index contributed by atoms with van der Waals surface area (Å²) >= 11 is 0. The maximum Gasteiger partial charge on any atom is 0.176 e. The maximum absolute atomic E-state index is 9.90. The zero-order valence-corrected chi connectivity index (χ0v) is 12.9. The molecule has 0 aromatic rings. The molecule has 0 spiro atoms. The van der Waals surface area contributed by atoms with Crippen LogP contribution in [0.25, 0.3) is 0 Å². The van der Waals surface area contributed by atoms with Gasteiger partial charge in [-0.3, -0.25) is 0 Å². The molecule has 0 saturated carbocycles. The van der Waals surface area contributed by atoms with Crippen molar-refractivity contribution in [2.24, 2.45) is 22.9 Å². The molecule has 132 valence electrons. The fourth-order valence-corrected chi connectivity index (χ4v) is 2.33. The highest BCUT2D eigenvalue weighted by Crippen LogP contribution is 2.21. The topological polar surface area (TPSA) is 183 Å². The van der Waals surface area contributed by atoms with E-state index in [0.29, 0.717) is 6.42 Å². The average molecular weight is 322 g/mol. The molecule has 11 N–H and O–H groups in total. The van der Waals surface area contributed by atoms with Gasteiger partial charge in [0, 0.05) is 25.0 Å².